The summed E-state index contributed by atoms with van der Waals surface area (Å²) in [4.78, 5) is 18.2. The fourth-order valence-electron chi connectivity index (χ4n) is 2.01. The molecule has 0 unspecified atom stereocenters. The molecule has 1 aromatic carbocycles. The van der Waals surface area contributed by atoms with Gasteiger partial charge in [-0.25, -0.2) is 0 Å². The van der Waals surface area contributed by atoms with E-state index < -0.39 is 0 Å². The molecule has 0 spiro atoms. The highest BCUT2D eigenvalue weighted by atomic mass is 35.5. The maximum absolute atomic E-state index is 12.4. The highest BCUT2D eigenvalue weighted by molar-refractivity contribution is 6.31. The van der Waals surface area contributed by atoms with E-state index in [9.17, 15) is 4.79 Å². The molecule has 21 heavy (non-hydrogen) atoms. The molecule has 0 fully saturated rings. The van der Waals surface area contributed by atoms with Crippen LogP contribution in [0.2, 0.25) is 5.02 Å². The Morgan fingerprint density at radius 1 is 1.33 bits per heavy atom. The third kappa shape index (κ3) is 3.95. The number of anilines is 1. The van der Waals surface area contributed by atoms with Gasteiger partial charge in [0.15, 0.2) is 0 Å². The summed E-state index contributed by atoms with van der Waals surface area (Å²) in [6, 6.07) is 11.1. The van der Waals surface area contributed by atoms with Crippen molar-refractivity contribution in [3.8, 4) is 0 Å². The van der Waals surface area contributed by atoms with Crippen molar-refractivity contribution >= 4 is 23.2 Å². The minimum atomic E-state index is -0.130. The Bertz CT molecular complexity index is 630. The summed E-state index contributed by atoms with van der Waals surface area (Å²) in [6.07, 6.45) is 1.63. The molecule has 1 N–H and O–H groups in total. The van der Waals surface area contributed by atoms with Crippen LogP contribution < -0.4 is 5.32 Å². The van der Waals surface area contributed by atoms with Gasteiger partial charge in [0, 0.05) is 37.0 Å². The number of amides is 1. The molecule has 5 heteroatoms. The molecular weight excluding hydrogens is 286 g/mol. The second-order valence-corrected chi connectivity index (χ2v) is 5.12. The first kappa shape index (κ1) is 15.3. The van der Waals surface area contributed by atoms with Crippen LogP contribution in [0, 0.1) is 0 Å². The Balaban J connectivity index is 2.12. The maximum Gasteiger partial charge on any atom is 0.272 e. The first-order valence-electron chi connectivity index (χ1n) is 6.80. The van der Waals surface area contributed by atoms with Gasteiger partial charge in [0.05, 0.1) is 0 Å². The molecule has 1 heterocycles. The zero-order valence-electron chi connectivity index (χ0n) is 12.1. The fraction of sp³-hybridized carbons (Fsp3) is 0.250. The van der Waals surface area contributed by atoms with Gasteiger partial charge in [0.25, 0.3) is 5.91 Å². The summed E-state index contributed by atoms with van der Waals surface area (Å²) >= 11 is 6.12. The third-order valence-electron chi connectivity index (χ3n) is 3.07. The molecule has 0 bridgehead atoms. The molecule has 0 aliphatic carbocycles. The van der Waals surface area contributed by atoms with Crippen LogP contribution in [0.25, 0.3) is 0 Å². The highest BCUT2D eigenvalue weighted by Gasteiger charge is 2.14. The number of hydrogen-bond acceptors (Lipinski definition) is 3. The van der Waals surface area contributed by atoms with E-state index in [-0.39, 0.29) is 5.91 Å². The van der Waals surface area contributed by atoms with E-state index >= 15 is 0 Å². The minimum Gasteiger partial charge on any atom is -0.385 e. The number of hydrogen-bond donors (Lipinski definition) is 1. The molecule has 1 amide bonds. The van der Waals surface area contributed by atoms with Crippen LogP contribution in [0.5, 0.6) is 0 Å². The van der Waals surface area contributed by atoms with Crippen LogP contribution in [-0.2, 0) is 6.54 Å². The summed E-state index contributed by atoms with van der Waals surface area (Å²) in [7, 11) is 1.74. The second kappa shape index (κ2) is 7.09. The van der Waals surface area contributed by atoms with Crippen LogP contribution in [-0.4, -0.2) is 29.4 Å². The molecule has 0 saturated heterocycles. The number of aromatic nitrogens is 1. The highest BCUT2D eigenvalue weighted by Crippen LogP contribution is 2.17. The normalized spacial score (nSPS) is 10.2. The molecule has 0 aliphatic heterocycles. The molecule has 4 nitrogen and oxygen atoms in total. The second-order valence-electron chi connectivity index (χ2n) is 4.71. The SMILES string of the molecule is CCNc1ccnc(C(=O)N(C)Cc2ccccc2Cl)c1. The minimum absolute atomic E-state index is 0.130. The molecule has 0 saturated carbocycles. The molecule has 0 radical (unpaired) electrons. The predicted molar refractivity (Wildman–Crippen MR) is 85.7 cm³/mol. The van der Waals surface area contributed by atoms with E-state index in [1.807, 2.05) is 37.3 Å². The molecule has 1 aromatic heterocycles. The van der Waals surface area contributed by atoms with Crippen molar-refractivity contribution in [1.82, 2.24) is 9.88 Å². The molecule has 2 aromatic rings. The average molecular weight is 304 g/mol. The summed E-state index contributed by atoms with van der Waals surface area (Å²) < 4.78 is 0. The topological polar surface area (TPSA) is 45.2 Å². The Morgan fingerprint density at radius 3 is 2.81 bits per heavy atom. The summed E-state index contributed by atoms with van der Waals surface area (Å²) in [6.45, 7) is 3.25. The Hall–Kier alpha value is -2.07. The van der Waals surface area contributed by atoms with Crippen molar-refractivity contribution in [2.45, 2.75) is 13.5 Å². The largest absolute Gasteiger partial charge is 0.385 e. The van der Waals surface area contributed by atoms with Crippen LogP contribution >= 0.6 is 11.6 Å². The fourth-order valence-corrected chi connectivity index (χ4v) is 2.21. The molecule has 0 atom stereocenters. The summed E-state index contributed by atoms with van der Waals surface area (Å²) in [5.74, 6) is -0.130. The molecule has 110 valence electrons. The molecule has 0 aliphatic rings. The first-order valence-corrected chi connectivity index (χ1v) is 7.18. The van der Waals surface area contributed by atoms with Gasteiger partial charge in [-0.3, -0.25) is 9.78 Å². The van der Waals surface area contributed by atoms with E-state index in [4.69, 9.17) is 11.6 Å². The van der Waals surface area contributed by atoms with Gasteiger partial charge >= 0.3 is 0 Å². The van der Waals surface area contributed by atoms with Gasteiger partial charge in [0.1, 0.15) is 5.69 Å². The lowest BCUT2D eigenvalue weighted by Crippen LogP contribution is -2.27. The van der Waals surface area contributed by atoms with Gasteiger partial charge < -0.3 is 10.2 Å². The molecule has 2 rings (SSSR count). The van der Waals surface area contributed by atoms with Crippen molar-refractivity contribution in [3.63, 3.8) is 0 Å². The van der Waals surface area contributed by atoms with E-state index in [1.165, 1.54) is 0 Å². The van der Waals surface area contributed by atoms with Crippen molar-refractivity contribution in [2.75, 3.05) is 18.9 Å². The van der Waals surface area contributed by atoms with Gasteiger partial charge in [-0.05, 0) is 30.7 Å². The molecular formula is C16H18ClN3O. The van der Waals surface area contributed by atoms with Gasteiger partial charge in [-0.1, -0.05) is 29.8 Å². The van der Waals surface area contributed by atoms with E-state index in [1.54, 1.807) is 24.2 Å². The van der Waals surface area contributed by atoms with Crippen molar-refractivity contribution in [1.29, 1.82) is 0 Å². The van der Waals surface area contributed by atoms with Gasteiger partial charge in [0.2, 0.25) is 0 Å². The van der Waals surface area contributed by atoms with Crippen LogP contribution in [0.3, 0.4) is 0 Å². The third-order valence-corrected chi connectivity index (χ3v) is 3.44. The van der Waals surface area contributed by atoms with Crippen molar-refractivity contribution in [3.05, 3.63) is 58.9 Å². The van der Waals surface area contributed by atoms with E-state index in [0.717, 1.165) is 17.8 Å². The number of benzene rings is 1. The lowest BCUT2D eigenvalue weighted by Gasteiger charge is -2.18. The van der Waals surface area contributed by atoms with Crippen LogP contribution in [0.1, 0.15) is 23.0 Å². The standard InChI is InChI=1S/C16H18ClN3O/c1-3-18-13-8-9-19-15(10-13)16(21)20(2)11-12-6-4-5-7-14(12)17/h4-10H,3,11H2,1-2H3,(H,18,19). The smallest absolute Gasteiger partial charge is 0.272 e. The average Bonchev–Trinajstić information content (AvgIpc) is 2.49. The number of pyridine rings is 1. The van der Waals surface area contributed by atoms with Gasteiger partial charge in [-0.2, -0.15) is 0 Å². The zero-order chi connectivity index (χ0) is 15.2. The number of nitrogens with one attached hydrogen (secondary N) is 1. The van der Waals surface area contributed by atoms with Crippen LogP contribution in [0.4, 0.5) is 5.69 Å². The quantitative estimate of drug-likeness (QED) is 0.920. The predicted octanol–water partition coefficient (Wildman–Crippen LogP) is 3.44. The van der Waals surface area contributed by atoms with Crippen LogP contribution in [0.15, 0.2) is 42.6 Å². The number of carbonyl (C=O) groups excluding carboxylic acids is 1. The number of rotatable bonds is 5. The summed E-state index contributed by atoms with van der Waals surface area (Å²) in [5.41, 5.74) is 2.22. The van der Waals surface area contributed by atoms with E-state index in [0.29, 0.717) is 17.3 Å². The van der Waals surface area contributed by atoms with E-state index in [2.05, 4.69) is 10.3 Å². The number of halogens is 1. The zero-order valence-corrected chi connectivity index (χ0v) is 12.9. The monoisotopic (exact) mass is 303 g/mol. The Morgan fingerprint density at radius 2 is 2.10 bits per heavy atom. The lowest BCUT2D eigenvalue weighted by atomic mass is 10.2. The Labute approximate surface area is 129 Å². The Kier molecular flexibility index (Phi) is 5.17. The summed E-state index contributed by atoms with van der Waals surface area (Å²) in [5, 5.41) is 3.83. The van der Waals surface area contributed by atoms with Crippen molar-refractivity contribution in [2.24, 2.45) is 0 Å². The lowest BCUT2D eigenvalue weighted by molar-refractivity contribution is 0.0779. The maximum atomic E-state index is 12.4. The first-order chi connectivity index (χ1) is 10.1. The number of nitrogens with zero attached hydrogens (tertiary/aromatic N) is 2. The van der Waals surface area contributed by atoms with Crippen molar-refractivity contribution < 1.29 is 4.79 Å². The van der Waals surface area contributed by atoms with Gasteiger partial charge in [-0.15, -0.1) is 0 Å². The number of carbonyl (C=O) groups is 1.